The number of H-pyrrole nitrogens is 1. The summed E-state index contributed by atoms with van der Waals surface area (Å²) in [6, 6.07) is 15.5. The summed E-state index contributed by atoms with van der Waals surface area (Å²) in [4.78, 5) is 12.1. The molecule has 5 heteroatoms. The second kappa shape index (κ2) is 4.80. The molecule has 0 bridgehead atoms. The molecule has 4 nitrogen and oxygen atoms in total. The quantitative estimate of drug-likeness (QED) is 0.763. The Kier molecular flexibility index (Phi) is 2.79. The van der Waals surface area contributed by atoms with Crippen LogP contribution in [0.25, 0.3) is 11.3 Å². The van der Waals surface area contributed by atoms with E-state index < -0.39 is 6.04 Å². The number of fused-ring (bicyclic) bond motifs is 1. The third-order valence-electron chi connectivity index (χ3n) is 3.86. The first-order valence-corrected chi connectivity index (χ1v) is 6.94. The van der Waals surface area contributed by atoms with Gasteiger partial charge in [0.2, 0.25) is 0 Å². The van der Waals surface area contributed by atoms with Crippen LogP contribution in [0.3, 0.4) is 0 Å². The van der Waals surface area contributed by atoms with Gasteiger partial charge in [0.15, 0.2) is 0 Å². The van der Waals surface area contributed by atoms with Crippen LogP contribution in [0.5, 0.6) is 0 Å². The average Bonchev–Trinajstić information content (AvgIpc) is 3.11. The number of benzene rings is 2. The lowest BCUT2D eigenvalue weighted by Crippen LogP contribution is -2.21. The van der Waals surface area contributed by atoms with Crippen molar-refractivity contribution in [1.29, 1.82) is 0 Å². The molecule has 1 aromatic heterocycles. The first-order chi connectivity index (χ1) is 10.8. The van der Waals surface area contributed by atoms with Gasteiger partial charge in [0.1, 0.15) is 11.5 Å². The normalized spacial score (nSPS) is 16.4. The maximum Gasteiger partial charge on any atom is 0.270 e. The molecule has 1 amide bonds. The van der Waals surface area contributed by atoms with Crippen molar-refractivity contribution < 1.29 is 9.18 Å². The molecule has 0 radical (unpaired) electrons. The minimum atomic E-state index is -0.530. The van der Waals surface area contributed by atoms with E-state index in [9.17, 15) is 9.18 Å². The van der Waals surface area contributed by atoms with Gasteiger partial charge in [0.05, 0.1) is 11.7 Å². The summed E-state index contributed by atoms with van der Waals surface area (Å²) in [7, 11) is 0. The zero-order chi connectivity index (χ0) is 15.1. The number of halogens is 1. The number of carbonyl (C=O) groups excluding carboxylic acids is 1. The topological polar surface area (TPSA) is 57.8 Å². The minimum absolute atomic E-state index is 0.266. The molecule has 108 valence electrons. The number of nitrogens with zero attached hydrogens (tertiary/aromatic N) is 1. The molecule has 2 N–H and O–H groups in total. The number of aromatic nitrogens is 2. The highest BCUT2D eigenvalue weighted by Gasteiger charge is 2.36. The van der Waals surface area contributed by atoms with Gasteiger partial charge in [-0.1, -0.05) is 48.5 Å². The fourth-order valence-corrected chi connectivity index (χ4v) is 2.84. The summed E-state index contributed by atoms with van der Waals surface area (Å²) in [6.07, 6.45) is 0. The Morgan fingerprint density at radius 1 is 1.00 bits per heavy atom. The molecule has 22 heavy (non-hydrogen) atoms. The van der Waals surface area contributed by atoms with Crippen molar-refractivity contribution >= 4 is 5.91 Å². The molecule has 1 aliphatic rings. The van der Waals surface area contributed by atoms with Crippen molar-refractivity contribution in [3.63, 3.8) is 0 Å². The van der Waals surface area contributed by atoms with Gasteiger partial charge in [-0.05, 0) is 6.07 Å². The number of rotatable bonds is 2. The summed E-state index contributed by atoms with van der Waals surface area (Å²) in [5.74, 6) is -0.612. The van der Waals surface area contributed by atoms with Crippen molar-refractivity contribution in [3.05, 3.63) is 77.2 Å². The predicted molar refractivity (Wildman–Crippen MR) is 79.7 cm³/mol. The smallest absolute Gasteiger partial charge is 0.270 e. The van der Waals surface area contributed by atoms with Gasteiger partial charge in [-0.3, -0.25) is 9.89 Å². The second-order valence-electron chi connectivity index (χ2n) is 5.15. The Morgan fingerprint density at radius 2 is 1.73 bits per heavy atom. The molecule has 2 heterocycles. The van der Waals surface area contributed by atoms with E-state index in [4.69, 9.17) is 0 Å². The van der Waals surface area contributed by atoms with Gasteiger partial charge in [-0.25, -0.2) is 4.39 Å². The fourth-order valence-electron chi connectivity index (χ4n) is 2.84. The molecule has 1 unspecified atom stereocenters. The standard InChI is InChI=1S/C17H12FN3O/c18-12-9-5-4-8-11(12)15-13-14(10-6-2-1-3-7-10)20-21-16(13)17(22)19-15/h1-9,15H,(H,19,22)(H,20,21). The maximum absolute atomic E-state index is 14.1. The number of carbonyl (C=O) groups is 1. The molecule has 0 saturated heterocycles. The fraction of sp³-hybridized carbons (Fsp3) is 0.0588. The first-order valence-electron chi connectivity index (χ1n) is 6.94. The molecule has 2 aromatic carbocycles. The van der Waals surface area contributed by atoms with E-state index >= 15 is 0 Å². The molecule has 4 rings (SSSR count). The van der Waals surface area contributed by atoms with Crippen molar-refractivity contribution in [3.8, 4) is 11.3 Å². The highest BCUT2D eigenvalue weighted by molar-refractivity contribution is 6.00. The molecular weight excluding hydrogens is 281 g/mol. The van der Waals surface area contributed by atoms with Crippen molar-refractivity contribution in [1.82, 2.24) is 15.5 Å². The average molecular weight is 293 g/mol. The Morgan fingerprint density at radius 3 is 2.50 bits per heavy atom. The number of hydrogen-bond acceptors (Lipinski definition) is 2. The van der Waals surface area contributed by atoms with Gasteiger partial charge < -0.3 is 5.32 Å². The van der Waals surface area contributed by atoms with Gasteiger partial charge in [0, 0.05) is 16.7 Å². The van der Waals surface area contributed by atoms with E-state index in [0.29, 0.717) is 22.5 Å². The number of amides is 1. The van der Waals surface area contributed by atoms with Crippen LogP contribution < -0.4 is 5.32 Å². The Hall–Kier alpha value is -2.95. The summed E-state index contributed by atoms with van der Waals surface area (Å²) < 4.78 is 14.1. The zero-order valence-corrected chi connectivity index (χ0v) is 11.5. The lowest BCUT2D eigenvalue weighted by Gasteiger charge is -2.14. The Bertz CT molecular complexity index is 857. The Balaban J connectivity index is 1.90. The summed E-state index contributed by atoms with van der Waals surface area (Å²) in [5.41, 5.74) is 3.08. The largest absolute Gasteiger partial charge is 0.340 e. The van der Waals surface area contributed by atoms with E-state index in [2.05, 4.69) is 15.5 Å². The van der Waals surface area contributed by atoms with Crippen LogP contribution in [0.2, 0.25) is 0 Å². The van der Waals surface area contributed by atoms with Crippen molar-refractivity contribution in [2.75, 3.05) is 0 Å². The number of nitrogens with one attached hydrogen (secondary N) is 2. The van der Waals surface area contributed by atoms with Crippen LogP contribution in [-0.2, 0) is 0 Å². The number of hydrogen-bond donors (Lipinski definition) is 2. The van der Waals surface area contributed by atoms with Gasteiger partial charge in [-0.2, -0.15) is 5.10 Å². The van der Waals surface area contributed by atoms with E-state index in [1.807, 2.05) is 30.3 Å². The van der Waals surface area contributed by atoms with Crippen LogP contribution in [0, 0.1) is 5.82 Å². The Labute approximate surface area is 126 Å². The van der Waals surface area contributed by atoms with Crippen LogP contribution in [0.15, 0.2) is 54.6 Å². The van der Waals surface area contributed by atoms with Gasteiger partial charge in [-0.15, -0.1) is 0 Å². The highest BCUT2D eigenvalue weighted by Crippen LogP contribution is 2.37. The van der Waals surface area contributed by atoms with E-state index in [1.165, 1.54) is 6.07 Å². The van der Waals surface area contributed by atoms with Crippen molar-refractivity contribution in [2.24, 2.45) is 0 Å². The van der Waals surface area contributed by atoms with Crippen LogP contribution in [0.4, 0.5) is 4.39 Å². The van der Waals surface area contributed by atoms with E-state index in [1.54, 1.807) is 18.2 Å². The monoisotopic (exact) mass is 293 g/mol. The first kappa shape index (κ1) is 12.8. The molecule has 0 fully saturated rings. The number of aromatic amines is 1. The van der Waals surface area contributed by atoms with Crippen LogP contribution >= 0.6 is 0 Å². The lowest BCUT2D eigenvalue weighted by atomic mass is 9.96. The summed E-state index contributed by atoms with van der Waals surface area (Å²) in [6.45, 7) is 0. The predicted octanol–water partition coefficient (Wildman–Crippen LogP) is 3.05. The molecule has 0 spiro atoms. The van der Waals surface area contributed by atoms with Gasteiger partial charge in [0.25, 0.3) is 5.91 Å². The van der Waals surface area contributed by atoms with Crippen molar-refractivity contribution in [2.45, 2.75) is 6.04 Å². The van der Waals surface area contributed by atoms with Gasteiger partial charge >= 0.3 is 0 Å². The molecule has 0 aliphatic carbocycles. The summed E-state index contributed by atoms with van der Waals surface area (Å²) >= 11 is 0. The lowest BCUT2D eigenvalue weighted by molar-refractivity contribution is 0.0955. The van der Waals surface area contributed by atoms with Crippen LogP contribution in [-0.4, -0.2) is 16.1 Å². The molecule has 0 saturated carbocycles. The SMILES string of the molecule is O=C1NC(c2ccccc2F)c2c(-c3ccccc3)n[nH]c21. The minimum Gasteiger partial charge on any atom is -0.340 e. The maximum atomic E-state index is 14.1. The highest BCUT2D eigenvalue weighted by atomic mass is 19.1. The van der Waals surface area contributed by atoms with E-state index in [0.717, 1.165) is 5.56 Å². The second-order valence-corrected chi connectivity index (χ2v) is 5.15. The molecule has 1 atom stereocenters. The zero-order valence-electron chi connectivity index (χ0n) is 11.5. The van der Waals surface area contributed by atoms with Crippen LogP contribution in [0.1, 0.15) is 27.7 Å². The summed E-state index contributed by atoms with van der Waals surface area (Å²) in [5, 5.41) is 9.84. The molecule has 3 aromatic rings. The third-order valence-corrected chi connectivity index (χ3v) is 3.86. The molecule has 1 aliphatic heterocycles. The third kappa shape index (κ3) is 1.83. The molecular formula is C17H12FN3O. The van der Waals surface area contributed by atoms with E-state index in [-0.39, 0.29) is 11.7 Å².